The van der Waals surface area contributed by atoms with E-state index in [1.54, 1.807) is 0 Å². The molecule has 2 N–H and O–H groups in total. The number of hydrogen-bond donors (Lipinski definition) is 2. The Morgan fingerprint density at radius 1 is 1.50 bits per heavy atom. The maximum absolute atomic E-state index is 11.6. The van der Waals surface area contributed by atoms with E-state index in [4.69, 9.17) is 5.11 Å². The van der Waals surface area contributed by atoms with Crippen LogP contribution in [0.4, 0.5) is 0 Å². The van der Waals surface area contributed by atoms with E-state index in [0.29, 0.717) is 0 Å². The topological polar surface area (TPSA) is 57.5 Å². The van der Waals surface area contributed by atoms with Gasteiger partial charge in [0.05, 0.1) is 12.2 Å². The minimum absolute atomic E-state index is 0.0185. The lowest BCUT2D eigenvalue weighted by Gasteiger charge is -2.29. The van der Waals surface area contributed by atoms with Crippen molar-refractivity contribution in [3.8, 4) is 0 Å². The molecule has 0 spiro atoms. The molecular weight excluding hydrogens is 180 g/mol. The Labute approximate surface area is 84.1 Å². The number of aliphatic hydroxyl groups excluding tert-OH is 1. The number of rotatable bonds is 2. The van der Waals surface area contributed by atoms with Gasteiger partial charge in [0.1, 0.15) is 5.78 Å². The SMILES string of the molecule is CC[C@H]1CC[C@@H]2[C@H](CO)C(=O)C[C@]12O. The molecule has 0 aromatic heterocycles. The van der Waals surface area contributed by atoms with Crippen LogP contribution in [0.2, 0.25) is 0 Å². The number of fused-ring (bicyclic) bond motifs is 1. The predicted octanol–water partition coefficient (Wildman–Crippen LogP) is 0.735. The molecule has 0 unspecified atom stereocenters. The zero-order chi connectivity index (χ0) is 10.3. The van der Waals surface area contributed by atoms with Crippen LogP contribution in [0, 0.1) is 17.8 Å². The normalized spacial score (nSPS) is 47.1. The number of aliphatic hydroxyl groups is 2. The van der Waals surface area contributed by atoms with Gasteiger partial charge in [0, 0.05) is 18.3 Å². The Morgan fingerprint density at radius 2 is 2.21 bits per heavy atom. The molecular formula is C11H18O3. The van der Waals surface area contributed by atoms with Gasteiger partial charge in [-0.15, -0.1) is 0 Å². The van der Waals surface area contributed by atoms with Crippen molar-refractivity contribution in [1.29, 1.82) is 0 Å². The van der Waals surface area contributed by atoms with Crippen molar-refractivity contribution in [2.45, 2.75) is 38.2 Å². The van der Waals surface area contributed by atoms with Crippen LogP contribution >= 0.6 is 0 Å². The van der Waals surface area contributed by atoms with E-state index in [2.05, 4.69) is 6.92 Å². The molecule has 0 bridgehead atoms. The van der Waals surface area contributed by atoms with Crippen LogP contribution in [0.15, 0.2) is 0 Å². The summed E-state index contributed by atoms with van der Waals surface area (Å²) in [6.45, 7) is 1.96. The first-order valence-electron chi connectivity index (χ1n) is 5.49. The fourth-order valence-electron chi connectivity index (χ4n) is 3.43. The van der Waals surface area contributed by atoms with E-state index >= 15 is 0 Å². The molecule has 4 atom stereocenters. The second kappa shape index (κ2) is 3.31. The first-order valence-corrected chi connectivity index (χ1v) is 5.49. The van der Waals surface area contributed by atoms with Crippen LogP contribution in [0.3, 0.4) is 0 Å². The lowest BCUT2D eigenvalue weighted by molar-refractivity contribution is -0.123. The van der Waals surface area contributed by atoms with Gasteiger partial charge < -0.3 is 10.2 Å². The van der Waals surface area contributed by atoms with Crippen LogP contribution in [-0.4, -0.2) is 28.2 Å². The number of ketones is 1. The maximum atomic E-state index is 11.6. The Kier molecular flexibility index (Phi) is 2.40. The standard InChI is InChI=1S/C11H18O3/c1-2-7-3-4-9-8(6-12)10(13)5-11(7,9)14/h7-9,12,14H,2-6H2,1H3/t7-,8-,9+,11-/m0/s1. The van der Waals surface area contributed by atoms with Gasteiger partial charge in [0.15, 0.2) is 0 Å². The van der Waals surface area contributed by atoms with Gasteiger partial charge in [-0.25, -0.2) is 0 Å². The summed E-state index contributed by atoms with van der Waals surface area (Å²) in [7, 11) is 0. The number of carbonyl (C=O) groups is 1. The maximum Gasteiger partial charge on any atom is 0.141 e. The molecule has 3 heteroatoms. The third-order valence-electron chi connectivity index (χ3n) is 4.22. The molecule has 0 aromatic carbocycles. The van der Waals surface area contributed by atoms with Crippen LogP contribution in [0.5, 0.6) is 0 Å². The summed E-state index contributed by atoms with van der Waals surface area (Å²) >= 11 is 0. The molecule has 2 saturated carbocycles. The molecule has 0 saturated heterocycles. The van der Waals surface area contributed by atoms with Gasteiger partial charge in [0.25, 0.3) is 0 Å². The molecule has 3 nitrogen and oxygen atoms in total. The van der Waals surface area contributed by atoms with Crippen molar-refractivity contribution < 1.29 is 15.0 Å². The molecule has 2 aliphatic rings. The minimum atomic E-state index is -0.792. The summed E-state index contributed by atoms with van der Waals surface area (Å²) in [6, 6.07) is 0. The third kappa shape index (κ3) is 1.15. The first kappa shape index (κ1) is 10.1. The molecule has 80 valence electrons. The highest BCUT2D eigenvalue weighted by Crippen LogP contribution is 2.52. The van der Waals surface area contributed by atoms with E-state index in [1.165, 1.54) is 0 Å². The Bertz CT molecular complexity index is 251. The van der Waals surface area contributed by atoms with Crippen molar-refractivity contribution in [1.82, 2.24) is 0 Å². The molecule has 0 heterocycles. The molecule has 0 aromatic rings. The average molecular weight is 198 g/mol. The Morgan fingerprint density at radius 3 is 2.79 bits per heavy atom. The van der Waals surface area contributed by atoms with Gasteiger partial charge in [-0.2, -0.15) is 0 Å². The number of hydrogen-bond acceptors (Lipinski definition) is 3. The quantitative estimate of drug-likeness (QED) is 0.688. The fourth-order valence-corrected chi connectivity index (χ4v) is 3.43. The fraction of sp³-hybridized carbons (Fsp3) is 0.909. The summed E-state index contributed by atoms with van der Waals surface area (Å²) < 4.78 is 0. The number of Topliss-reactive ketones (excluding diaryl/α,β-unsaturated/α-hetero) is 1. The largest absolute Gasteiger partial charge is 0.396 e. The van der Waals surface area contributed by atoms with Crippen LogP contribution < -0.4 is 0 Å². The highest BCUT2D eigenvalue weighted by atomic mass is 16.3. The van der Waals surface area contributed by atoms with E-state index < -0.39 is 5.60 Å². The highest BCUT2D eigenvalue weighted by molar-refractivity contribution is 5.85. The third-order valence-corrected chi connectivity index (χ3v) is 4.22. The Balaban J connectivity index is 2.25. The molecule has 2 fully saturated rings. The monoisotopic (exact) mass is 198 g/mol. The van der Waals surface area contributed by atoms with Gasteiger partial charge in [-0.3, -0.25) is 4.79 Å². The highest BCUT2D eigenvalue weighted by Gasteiger charge is 2.58. The van der Waals surface area contributed by atoms with Gasteiger partial charge in [0.2, 0.25) is 0 Å². The second-order valence-corrected chi connectivity index (χ2v) is 4.71. The summed E-state index contributed by atoms with van der Waals surface area (Å²) in [6.07, 6.45) is 3.09. The van der Waals surface area contributed by atoms with Crippen molar-refractivity contribution in [3.05, 3.63) is 0 Å². The second-order valence-electron chi connectivity index (χ2n) is 4.71. The smallest absolute Gasteiger partial charge is 0.141 e. The van der Waals surface area contributed by atoms with E-state index in [1.807, 2.05) is 0 Å². The van der Waals surface area contributed by atoms with Crippen LogP contribution in [0.1, 0.15) is 32.6 Å². The lowest BCUT2D eigenvalue weighted by atomic mass is 9.83. The molecule has 2 rings (SSSR count). The molecule has 2 aliphatic carbocycles. The summed E-state index contributed by atoms with van der Waals surface area (Å²) in [5.74, 6) is 0.0349. The zero-order valence-electron chi connectivity index (χ0n) is 8.57. The van der Waals surface area contributed by atoms with Crippen molar-refractivity contribution in [3.63, 3.8) is 0 Å². The molecule has 0 amide bonds. The van der Waals surface area contributed by atoms with Crippen LogP contribution in [0.25, 0.3) is 0 Å². The minimum Gasteiger partial charge on any atom is -0.396 e. The van der Waals surface area contributed by atoms with Gasteiger partial charge in [-0.05, 0) is 18.8 Å². The summed E-state index contributed by atoms with van der Waals surface area (Å²) in [5, 5.41) is 19.6. The lowest BCUT2D eigenvalue weighted by Crippen LogP contribution is -2.37. The zero-order valence-corrected chi connectivity index (χ0v) is 8.57. The molecule has 0 aliphatic heterocycles. The molecule has 0 radical (unpaired) electrons. The van der Waals surface area contributed by atoms with E-state index in [-0.39, 0.29) is 36.6 Å². The van der Waals surface area contributed by atoms with Crippen molar-refractivity contribution in [2.24, 2.45) is 17.8 Å². The number of carbonyl (C=O) groups excluding carboxylic acids is 1. The van der Waals surface area contributed by atoms with Gasteiger partial charge >= 0.3 is 0 Å². The van der Waals surface area contributed by atoms with Crippen molar-refractivity contribution in [2.75, 3.05) is 6.61 Å². The van der Waals surface area contributed by atoms with E-state index in [9.17, 15) is 9.90 Å². The average Bonchev–Trinajstić information content (AvgIpc) is 2.56. The first-order chi connectivity index (χ1) is 6.63. The van der Waals surface area contributed by atoms with Crippen LogP contribution in [-0.2, 0) is 4.79 Å². The van der Waals surface area contributed by atoms with Crippen molar-refractivity contribution >= 4 is 5.78 Å². The van der Waals surface area contributed by atoms with E-state index in [0.717, 1.165) is 19.3 Å². The summed E-state index contributed by atoms with van der Waals surface area (Å²) in [5.41, 5.74) is -0.792. The van der Waals surface area contributed by atoms with Gasteiger partial charge in [-0.1, -0.05) is 13.3 Å². The summed E-state index contributed by atoms with van der Waals surface area (Å²) in [4.78, 5) is 11.6. The predicted molar refractivity (Wildman–Crippen MR) is 51.7 cm³/mol. The Hall–Kier alpha value is -0.410. The molecule has 14 heavy (non-hydrogen) atoms.